The van der Waals surface area contributed by atoms with Gasteiger partial charge in [0.2, 0.25) is 0 Å². The molecular formula is C21H22N4O4. The fraction of sp³-hybridized carbons (Fsp3) is 0.286. The van der Waals surface area contributed by atoms with E-state index >= 15 is 0 Å². The fourth-order valence-corrected chi connectivity index (χ4v) is 4.02. The summed E-state index contributed by atoms with van der Waals surface area (Å²) in [5.41, 5.74) is 8.25. The zero-order chi connectivity index (χ0) is 20.8. The summed E-state index contributed by atoms with van der Waals surface area (Å²) in [6.07, 6.45) is 3.34. The standard InChI is InChI=1S/C21H22N4O4/c1-13-10-14(16-4-3-5-17(23-16)18(22)26)12-15(11-13)20(7-9-29-24-20)21(28)6-8-25(2)19(21)27/h3-5,7,9-12,24,28H,6,8H2,1-2H3,(H2,22,26)/t20-,21?/m1/s1. The van der Waals surface area contributed by atoms with Crippen molar-refractivity contribution in [1.82, 2.24) is 15.4 Å². The molecule has 29 heavy (non-hydrogen) atoms. The van der Waals surface area contributed by atoms with Crippen molar-refractivity contribution < 1.29 is 19.5 Å². The molecule has 1 aromatic heterocycles. The Bertz CT molecular complexity index is 1040. The molecule has 4 N–H and O–H groups in total. The van der Waals surface area contributed by atoms with Gasteiger partial charge in [-0.15, -0.1) is 5.48 Å². The van der Waals surface area contributed by atoms with Crippen LogP contribution in [0.2, 0.25) is 0 Å². The van der Waals surface area contributed by atoms with E-state index in [1.165, 1.54) is 11.2 Å². The number of aliphatic hydroxyl groups is 1. The van der Waals surface area contributed by atoms with Crippen LogP contribution < -0.4 is 11.2 Å². The Morgan fingerprint density at radius 2 is 2.14 bits per heavy atom. The molecule has 0 spiro atoms. The van der Waals surface area contributed by atoms with Crippen molar-refractivity contribution in [3.05, 3.63) is 65.6 Å². The number of amides is 2. The summed E-state index contributed by atoms with van der Waals surface area (Å²) in [6, 6.07) is 10.7. The Morgan fingerprint density at radius 1 is 1.34 bits per heavy atom. The molecule has 2 aliphatic heterocycles. The number of rotatable bonds is 4. The number of hydrogen-bond acceptors (Lipinski definition) is 6. The summed E-state index contributed by atoms with van der Waals surface area (Å²) in [7, 11) is 1.66. The molecule has 0 saturated carbocycles. The average Bonchev–Trinajstić information content (AvgIpc) is 3.31. The van der Waals surface area contributed by atoms with E-state index < -0.39 is 17.0 Å². The van der Waals surface area contributed by atoms with Crippen LogP contribution in [0, 0.1) is 6.92 Å². The third kappa shape index (κ3) is 2.88. The van der Waals surface area contributed by atoms with Gasteiger partial charge in [-0.25, -0.2) is 4.98 Å². The van der Waals surface area contributed by atoms with E-state index in [2.05, 4.69) is 10.5 Å². The molecule has 150 valence electrons. The first kappa shape index (κ1) is 19.1. The second-order valence-corrected chi connectivity index (χ2v) is 7.53. The molecule has 8 heteroatoms. The predicted octanol–water partition coefficient (Wildman–Crippen LogP) is 0.993. The molecule has 1 fully saturated rings. The summed E-state index contributed by atoms with van der Waals surface area (Å²) in [6.45, 7) is 2.35. The predicted molar refractivity (Wildman–Crippen MR) is 105 cm³/mol. The number of primary amides is 1. The van der Waals surface area contributed by atoms with E-state index in [-0.39, 0.29) is 18.0 Å². The van der Waals surface area contributed by atoms with Crippen molar-refractivity contribution in [2.75, 3.05) is 13.6 Å². The number of aryl methyl sites for hydroxylation is 1. The third-order valence-electron chi connectivity index (χ3n) is 5.60. The molecule has 3 heterocycles. The monoisotopic (exact) mass is 394 g/mol. The molecule has 2 amide bonds. The quantitative estimate of drug-likeness (QED) is 0.712. The van der Waals surface area contributed by atoms with Crippen LogP contribution in [-0.4, -0.2) is 46.0 Å². The zero-order valence-corrected chi connectivity index (χ0v) is 16.2. The number of nitrogens with zero attached hydrogens (tertiary/aromatic N) is 2. The van der Waals surface area contributed by atoms with E-state index in [4.69, 9.17) is 10.6 Å². The number of hydroxylamine groups is 1. The summed E-state index contributed by atoms with van der Waals surface area (Å²) < 4.78 is 0. The molecule has 2 aromatic rings. The molecule has 1 saturated heterocycles. The molecule has 0 aliphatic carbocycles. The van der Waals surface area contributed by atoms with E-state index in [0.717, 1.165) is 11.1 Å². The van der Waals surface area contributed by atoms with Crippen molar-refractivity contribution in [3.8, 4) is 11.3 Å². The highest BCUT2D eigenvalue weighted by atomic mass is 16.6. The minimum Gasteiger partial charge on any atom is -0.415 e. The maximum absolute atomic E-state index is 12.8. The number of likely N-dealkylation sites (tertiary alicyclic amines) is 1. The molecule has 1 aromatic carbocycles. The number of hydrogen-bond donors (Lipinski definition) is 3. The maximum atomic E-state index is 12.8. The third-order valence-corrected chi connectivity index (χ3v) is 5.60. The second kappa shape index (κ2) is 6.68. The van der Waals surface area contributed by atoms with Gasteiger partial charge >= 0.3 is 0 Å². The first-order chi connectivity index (χ1) is 13.8. The molecule has 0 bridgehead atoms. The summed E-state index contributed by atoms with van der Waals surface area (Å²) in [5, 5.41) is 11.4. The van der Waals surface area contributed by atoms with E-state index in [0.29, 0.717) is 17.8 Å². The van der Waals surface area contributed by atoms with Gasteiger partial charge in [-0.2, -0.15) is 0 Å². The van der Waals surface area contributed by atoms with Gasteiger partial charge in [0.25, 0.3) is 11.8 Å². The largest absolute Gasteiger partial charge is 0.415 e. The molecule has 4 rings (SSSR count). The van der Waals surface area contributed by atoms with Crippen LogP contribution in [0.15, 0.2) is 48.7 Å². The fourth-order valence-electron chi connectivity index (χ4n) is 4.02. The van der Waals surface area contributed by atoms with Crippen molar-refractivity contribution in [2.24, 2.45) is 5.73 Å². The zero-order valence-electron chi connectivity index (χ0n) is 16.2. The van der Waals surface area contributed by atoms with Crippen LogP contribution in [0.25, 0.3) is 11.3 Å². The lowest BCUT2D eigenvalue weighted by Crippen LogP contribution is -2.60. The maximum Gasteiger partial charge on any atom is 0.267 e. The van der Waals surface area contributed by atoms with Crippen LogP contribution >= 0.6 is 0 Å². The number of benzene rings is 1. The minimum absolute atomic E-state index is 0.161. The normalized spacial score (nSPS) is 26.0. The molecule has 8 nitrogen and oxygen atoms in total. The number of carbonyl (C=O) groups is 2. The number of carbonyl (C=O) groups excluding carboxylic acids is 2. The van der Waals surface area contributed by atoms with Crippen molar-refractivity contribution in [1.29, 1.82) is 0 Å². The Morgan fingerprint density at radius 3 is 2.76 bits per heavy atom. The van der Waals surface area contributed by atoms with Gasteiger partial charge in [0, 0.05) is 25.6 Å². The highest BCUT2D eigenvalue weighted by molar-refractivity contribution is 5.91. The molecule has 2 aliphatic rings. The van der Waals surface area contributed by atoms with E-state index in [9.17, 15) is 14.7 Å². The highest BCUT2D eigenvalue weighted by Crippen LogP contribution is 2.44. The van der Waals surface area contributed by atoms with E-state index in [1.54, 1.807) is 31.3 Å². The Balaban J connectivity index is 1.87. The number of nitrogens with two attached hydrogens (primary N) is 1. The van der Waals surface area contributed by atoms with Crippen molar-refractivity contribution in [2.45, 2.75) is 24.5 Å². The lowest BCUT2D eigenvalue weighted by molar-refractivity contribution is -0.153. The Hall–Kier alpha value is -3.23. The number of likely N-dealkylation sites (N-methyl/N-ethyl adjacent to an activating group) is 1. The minimum atomic E-state index is -1.71. The Labute approximate surface area is 167 Å². The lowest BCUT2D eigenvalue weighted by Gasteiger charge is -2.39. The lowest BCUT2D eigenvalue weighted by atomic mass is 9.73. The number of nitrogens with one attached hydrogen (secondary N) is 1. The van der Waals surface area contributed by atoms with Gasteiger partial charge in [0.1, 0.15) is 17.5 Å². The van der Waals surface area contributed by atoms with Crippen molar-refractivity contribution >= 4 is 11.8 Å². The summed E-state index contributed by atoms with van der Waals surface area (Å²) in [5.74, 6) is -0.990. The van der Waals surface area contributed by atoms with Crippen LogP contribution in [0.1, 0.15) is 28.0 Å². The molecule has 0 radical (unpaired) electrons. The van der Waals surface area contributed by atoms with Gasteiger partial charge in [0.15, 0.2) is 5.60 Å². The van der Waals surface area contributed by atoms with Crippen LogP contribution in [0.3, 0.4) is 0 Å². The van der Waals surface area contributed by atoms with Gasteiger partial charge in [-0.05, 0) is 42.8 Å². The first-order valence-corrected chi connectivity index (χ1v) is 9.25. The topological polar surface area (TPSA) is 118 Å². The summed E-state index contributed by atoms with van der Waals surface area (Å²) in [4.78, 5) is 35.5. The van der Waals surface area contributed by atoms with Crippen molar-refractivity contribution in [3.63, 3.8) is 0 Å². The number of pyridine rings is 1. The first-order valence-electron chi connectivity index (χ1n) is 9.25. The van der Waals surface area contributed by atoms with Crippen LogP contribution in [0.4, 0.5) is 0 Å². The second-order valence-electron chi connectivity index (χ2n) is 7.53. The van der Waals surface area contributed by atoms with E-state index in [1.807, 2.05) is 25.1 Å². The van der Waals surface area contributed by atoms with Gasteiger partial charge in [-0.1, -0.05) is 17.7 Å². The van der Waals surface area contributed by atoms with Gasteiger partial charge < -0.3 is 20.6 Å². The Kier molecular flexibility index (Phi) is 4.40. The SMILES string of the molecule is Cc1cc(-c2cccc(C(N)=O)n2)cc([C@@]2(C3(O)CCN(C)C3=O)C=CON2)c1. The average molecular weight is 394 g/mol. The van der Waals surface area contributed by atoms with Crippen LogP contribution in [0.5, 0.6) is 0 Å². The molecule has 1 unspecified atom stereocenters. The number of aromatic nitrogens is 1. The molecule has 2 atom stereocenters. The summed E-state index contributed by atoms with van der Waals surface area (Å²) >= 11 is 0. The molecular weight excluding hydrogens is 372 g/mol. The van der Waals surface area contributed by atoms with Crippen LogP contribution in [-0.2, 0) is 15.2 Å². The highest BCUT2D eigenvalue weighted by Gasteiger charge is 2.61. The van der Waals surface area contributed by atoms with Gasteiger partial charge in [-0.3, -0.25) is 9.59 Å². The smallest absolute Gasteiger partial charge is 0.267 e. The van der Waals surface area contributed by atoms with Gasteiger partial charge in [0.05, 0.1) is 5.69 Å².